The molecule has 1 saturated heterocycles. The first-order chi connectivity index (χ1) is 9.38. The van der Waals surface area contributed by atoms with Crippen molar-refractivity contribution in [3.8, 4) is 0 Å². The van der Waals surface area contributed by atoms with Crippen molar-refractivity contribution in [1.82, 2.24) is 10.2 Å². The van der Waals surface area contributed by atoms with E-state index in [1.165, 1.54) is 12.1 Å². The minimum Gasteiger partial charge on any atom is -0.376 e. The molecule has 1 fully saturated rings. The maximum atomic E-state index is 12.5. The van der Waals surface area contributed by atoms with E-state index < -0.39 is 23.7 Å². The van der Waals surface area contributed by atoms with E-state index in [1.54, 1.807) is 0 Å². The van der Waals surface area contributed by atoms with E-state index in [0.29, 0.717) is 6.54 Å². The van der Waals surface area contributed by atoms with Gasteiger partial charge in [0.05, 0.1) is 12.1 Å². The van der Waals surface area contributed by atoms with Gasteiger partial charge in [0, 0.05) is 18.8 Å². The number of carbonyl (C=O) groups excluding carboxylic acids is 2. The maximum Gasteiger partial charge on any atom is 0.416 e. The van der Waals surface area contributed by atoms with Crippen molar-refractivity contribution in [3.05, 3.63) is 29.8 Å². The molecule has 1 aliphatic heterocycles. The van der Waals surface area contributed by atoms with Gasteiger partial charge in [0.15, 0.2) is 0 Å². The summed E-state index contributed by atoms with van der Waals surface area (Å²) in [6, 6.07) is 4.05. The number of benzene rings is 1. The van der Waals surface area contributed by atoms with Gasteiger partial charge in [-0.1, -0.05) is 6.07 Å². The Hall–Kier alpha value is -2.25. The molecule has 0 atom stereocenters. The highest BCUT2D eigenvalue weighted by molar-refractivity contribution is 5.97. The molecule has 20 heavy (non-hydrogen) atoms. The summed E-state index contributed by atoms with van der Waals surface area (Å²) < 4.78 is 37.5. The fourth-order valence-electron chi connectivity index (χ4n) is 1.79. The predicted octanol–water partition coefficient (Wildman–Crippen LogP) is 1.67. The molecule has 1 heterocycles. The second-order valence-electron chi connectivity index (χ2n) is 4.21. The zero-order valence-corrected chi connectivity index (χ0v) is 10.3. The first kappa shape index (κ1) is 14.2. The number of urea groups is 1. The number of carbonyl (C=O) groups is 2. The molecule has 0 spiro atoms. The topological polar surface area (TPSA) is 61.4 Å². The highest BCUT2D eigenvalue weighted by Gasteiger charge is 2.30. The van der Waals surface area contributed by atoms with Crippen LogP contribution in [0.25, 0.3) is 0 Å². The third-order valence-electron chi connectivity index (χ3n) is 2.79. The molecule has 0 unspecified atom stereocenters. The van der Waals surface area contributed by atoms with E-state index in [9.17, 15) is 22.8 Å². The number of halogens is 3. The predicted molar refractivity (Wildman–Crippen MR) is 65.0 cm³/mol. The van der Waals surface area contributed by atoms with Crippen molar-refractivity contribution >= 4 is 17.6 Å². The molecular weight excluding hydrogens is 275 g/mol. The molecule has 0 radical (unpaired) electrons. The molecule has 108 valence electrons. The van der Waals surface area contributed by atoms with Crippen molar-refractivity contribution < 1.29 is 22.8 Å². The number of anilines is 1. The lowest BCUT2D eigenvalue weighted by Gasteiger charge is -2.14. The lowest BCUT2D eigenvalue weighted by Crippen LogP contribution is -2.38. The average molecular weight is 287 g/mol. The summed E-state index contributed by atoms with van der Waals surface area (Å²) >= 11 is 0. The van der Waals surface area contributed by atoms with Gasteiger partial charge in [-0.2, -0.15) is 13.2 Å². The highest BCUT2D eigenvalue weighted by atomic mass is 19.4. The molecule has 0 bridgehead atoms. The Morgan fingerprint density at radius 1 is 1.40 bits per heavy atom. The number of rotatable bonds is 3. The van der Waals surface area contributed by atoms with E-state index in [2.05, 4.69) is 10.6 Å². The van der Waals surface area contributed by atoms with Crippen LogP contribution in [0.3, 0.4) is 0 Å². The highest BCUT2D eigenvalue weighted by Crippen LogP contribution is 2.30. The molecule has 8 heteroatoms. The number of nitrogens with zero attached hydrogens (tertiary/aromatic N) is 1. The zero-order chi connectivity index (χ0) is 14.8. The molecule has 5 nitrogen and oxygen atoms in total. The van der Waals surface area contributed by atoms with Crippen LogP contribution < -0.4 is 10.6 Å². The van der Waals surface area contributed by atoms with Crippen LogP contribution in [-0.2, 0) is 11.0 Å². The SMILES string of the molecule is O=C(CNc1cccc(C(F)(F)F)c1)N1CCNC1=O. The molecule has 0 saturated carbocycles. The van der Waals surface area contributed by atoms with Crippen molar-refractivity contribution in [2.24, 2.45) is 0 Å². The van der Waals surface area contributed by atoms with Gasteiger partial charge in [-0.05, 0) is 18.2 Å². The van der Waals surface area contributed by atoms with Gasteiger partial charge in [-0.25, -0.2) is 4.79 Å². The first-order valence-electron chi connectivity index (χ1n) is 5.87. The fraction of sp³-hybridized carbons (Fsp3) is 0.333. The normalized spacial score (nSPS) is 15.2. The molecule has 1 aromatic rings. The zero-order valence-electron chi connectivity index (χ0n) is 10.3. The van der Waals surface area contributed by atoms with Gasteiger partial charge in [-0.15, -0.1) is 0 Å². The molecule has 2 N–H and O–H groups in total. The second-order valence-corrected chi connectivity index (χ2v) is 4.21. The summed E-state index contributed by atoms with van der Waals surface area (Å²) in [6.07, 6.45) is -4.43. The van der Waals surface area contributed by atoms with Crippen LogP contribution in [0.5, 0.6) is 0 Å². The van der Waals surface area contributed by atoms with Crippen molar-refractivity contribution in [2.45, 2.75) is 6.18 Å². The Labute approximate surface area is 112 Å². The number of hydrogen-bond acceptors (Lipinski definition) is 3. The van der Waals surface area contributed by atoms with Gasteiger partial charge in [0.2, 0.25) is 5.91 Å². The minimum absolute atomic E-state index is 0.174. The van der Waals surface area contributed by atoms with Crippen LogP contribution >= 0.6 is 0 Å². The van der Waals surface area contributed by atoms with Gasteiger partial charge in [-0.3, -0.25) is 9.69 Å². The number of amides is 3. The van der Waals surface area contributed by atoms with E-state index in [1.807, 2.05) is 0 Å². The third kappa shape index (κ3) is 3.19. The van der Waals surface area contributed by atoms with E-state index >= 15 is 0 Å². The van der Waals surface area contributed by atoms with E-state index in [4.69, 9.17) is 0 Å². The number of alkyl halides is 3. The summed E-state index contributed by atoms with van der Waals surface area (Å²) in [7, 11) is 0. The number of imide groups is 1. The Morgan fingerprint density at radius 2 is 2.15 bits per heavy atom. The smallest absolute Gasteiger partial charge is 0.376 e. The van der Waals surface area contributed by atoms with E-state index in [0.717, 1.165) is 17.0 Å². The van der Waals surface area contributed by atoms with Gasteiger partial charge < -0.3 is 10.6 Å². The maximum absolute atomic E-state index is 12.5. The molecule has 3 amide bonds. The monoisotopic (exact) mass is 287 g/mol. The summed E-state index contributed by atoms with van der Waals surface area (Å²) in [5, 5.41) is 5.05. The molecule has 0 aromatic heterocycles. The average Bonchev–Trinajstić information content (AvgIpc) is 2.82. The molecular formula is C12H12F3N3O2. The number of hydrogen-bond donors (Lipinski definition) is 2. The van der Waals surface area contributed by atoms with Gasteiger partial charge in [0.25, 0.3) is 0 Å². The fourth-order valence-corrected chi connectivity index (χ4v) is 1.79. The lowest BCUT2D eigenvalue weighted by atomic mass is 10.2. The summed E-state index contributed by atoms with van der Waals surface area (Å²) in [6.45, 7) is 0.408. The molecule has 1 aromatic carbocycles. The minimum atomic E-state index is -4.43. The van der Waals surface area contributed by atoms with Crippen LogP contribution in [0, 0.1) is 0 Å². The van der Waals surface area contributed by atoms with Crippen molar-refractivity contribution in [3.63, 3.8) is 0 Å². The summed E-state index contributed by atoms with van der Waals surface area (Å²) in [5.41, 5.74) is -0.623. The van der Waals surface area contributed by atoms with Crippen LogP contribution in [-0.4, -0.2) is 36.5 Å². The molecule has 1 aliphatic rings. The van der Waals surface area contributed by atoms with Crippen LogP contribution in [0.2, 0.25) is 0 Å². The second kappa shape index (κ2) is 5.40. The Balaban J connectivity index is 1.97. The Morgan fingerprint density at radius 3 is 2.75 bits per heavy atom. The van der Waals surface area contributed by atoms with Crippen molar-refractivity contribution in [2.75, 3.05) is 25.0 Å². The van der Waals surface area contributed by atoms with Gasteiger partial charge >= 0.3 is 12.2 Å². The Bertz CT molecular complexity index is 531. The molecule has 0 aliphatic carbocycles. The standard InChI is InChI=1S/C12H12F3N3O2/c13-12(14,15)8-2-1-3-9(6-8)17-7-10(19)18-5-4-16-11(18)20/h1-3,6,17H,4-5,7H2,(H,16,20). The van der Waals surface area contributed by atoms with Crippen LogP contribution in [0.15, 0.2) is 24.3 Å². The van der Waals surface area contributed by atoms with E-state index in [-0.39, 0.29) is 18.8 Å². The Kier molecular flexibility index (Phi) is 3.82. The van der Waals surface area contributed by atoms with Crippen LogP contribution in [0.1, 0.15) is 5.56 Å². The quantitative estimate of drug-likeness (QED) is 0.889. The molecule has 2 rings (SSSR count). The third-order valence-corrected chi connectivity index (χ3v) is 2.79. The largest absolute Gasteiger partial charge is 0.416 e. The van der Waals surface area contributed by atoms with Crippen molar-refractivity contribution in [1.29, 1.82) is 0 Å². The first-order valence-corrected chi connectivity index (χ1v) is 5.87. The number of nitrogens with one attached hydrogen (secondary N) is 2. The lowest BCUT2D eigenvalue weighted by molar-refractivity contribution is -0.137. The van der Waals surface area contributed by atoms with Gasteiger partial charge in [0.1, 0.15) is 0 Å². The van der Waals surface area contributed by atoms with Crippen LogP contribution in [0.4, 0.5) is 23.7 Å². The summed E-state index contributed by atoms with van der Waals surface area (Å²) in [5.74, 6) is -0.489. The summed E-state index contributed by atoms with van der Waals surface area (Å²) in [4.78, 5) is 23.9.